The van der Waals surface area contributed by atoms with E-state index in [2.05, 4.69) is 10.3 Å². The van der Waals surface area contributed by atoms with Crippen LogP contribution in [0.1, 0.15) is 31.2 Å². The van der Waals surface area contributed by atoms with Gasteiger partial charge in [0.25, 0.3) is 0 Å². The first-order valence-electron chi connectivity index (χ1n) is 5.97. The second-order valence-electron chi connectivity index (χ2n) is 4.46. The summed E-state index contributed by atoms with van der Waals surface area (Å²) in [7, 11) is 1.41. The van der Waals surface area contributed by atoms with E-state index in [1.54, 1.807) is 10.7 Å². The van der Waals surface area contributed by atoms with E-state index >= 15 is 0 Å². The third kappa shape index (κ3) is 2.44. The molecule has 1 aromatic heterocycles. The van der Waals surface area contributed by atoms with Crippen LogP contribution in [0.15, 0.2) is 18.2 Å². The lowest BCUT2D eigenvalue weighted by molar-refractivity contribution is 0.275. The molecule has 0 radical (unpaired) electrons. The quantitative estimate of drug-likeness (QED) is 0.919. The number of hydrogen-bond acceptors (Lipinski definition) is 4. The van der Waals surface area contributed by atoms with Gasteiger partial charge in [0.1, 0.15) is 5.69 Å². The fourth-order valence-corrected chi connectivity index (χ4v) is 1.99. The number of ether oxygens (including phenoxy) is 1. The van der Waals surface area contributed by atoms with Crippen molar-refractivity contribution >= 4 is 0 Å². The molecule has 0 fully saturated rings. The first-order valence-corrected chi connectivity index (χ1v) is 5.97. The second kappa shape index (κ2) is 5.36. The van der Waals surface area contributed by atoms with Crippen molar-refractivity contribution in [2.75, 3.05) is 7.11 Å². The zero-order valence-electron chi connectivity index (χ0n) is 11.1. The van der Waals surface area contributed by atoms with Gasteiger partial charge < -0.3 is 9.84 Å². The number of aliphatic hydroxyl groups is 1. The highest BCUT2D eigenvalue weighted by Crippen LogP contribution is 2.24. The highest BCUT2D eigenvalue weighted by Gasteiger charge is 2.17. The number of aromatic nitrogens is 3. The van der Waals surface area contributed by atoms with Gasteiger partial charge in [-0.3, -0.25) is 0 Å². The zero-order chi connectivity index (χ0) is 14.0. The summed E-state index contributed by atoms with van der Waals surface area (Å²) in [5.41, 5.74) is 1.83. The molecule has 1 N–H and O–H groups in total. The summed E-state index contributed by atoms with van der Waals surface area (Å²) in [5.74, 6) is -0.171. The molecule has 0 amide bonds. The minimum Gasteiger partial charge on any atom is -0.494 e. The highest BCUT2D eigenvalue weighted by atomic mass is 19.1. The van der Waals surface area contributed by atoms with Crippen LogP contribution in [-0.4, -0.2) is 27.2 Å². The van der Waals surface area contributed by atoms with Crippen LogP contribution in [0, 0.1) is 5.82 Å². The molecule has 0 aliphatic rings. The molecule has 0 bridgehead atoms. The van der Waals surface area contributed by atoms with Gasteiger partial charge in [-0.1, -0.05) is 19.1 Å². The van der Waals surface area contributed by atoms with Gasteiger partial charge in [-0.25, -0.2) is 9.07 Å². The number of aliphatic hydroxyl groups excluding tert-OH is 1. The molecule has 0 aliphatic heterocycles. The van der Waals surface area contributed by atoms with Gasteiger partial charge in [0.05, 0.1) is 25.1 Å². The van der Waals surface area contributed by atoms with E-state index in [1.165, 1.54) is 19.2 Å². The molecule has 0 atom stereocenters. The smallest absolute Gasteiger partial charge is 0.167 e. The molecule has 0 aliphatic carbocycles. The minimum absolute atomic E-state index is 0.113. The third-order valence-electron chi connectivity index (χ3n) is 2.86. The standard InChI is InChI=1S/C13H16FN3O2/c1-8(2)13-11(7-18)15-16-17(13)9-4-5-12(19-3)10(14)6-9/h4-6,8,18H,7H2,1-3H3. The van der Waals surface area contributed by atoms with E-state index in [1.807, 2.05) is 13.8 Å². The van der Waals surface area contributed by atoms with Crippen molar-refractivity contribution in [3.05, 3.63) is 35.4 Å². The van der Waals surface area contributed by atoms with E-state index in [0.29, 0.717) is 11.4 Å². The molecule has 0 unspecified atom stereocenters. The Bertz CT molecular complexity index is 581. The Hall–Kier alpha value is -1.95. The van der Waals surface area contributed by atoms with Crippen molar-refractivity contribution in [3.63, 3.8) is 0 Å². The normalized spacial score (nSPS) is 11.1. The molecule has 0 saturated heterocycles. The van der Waals surface area contributed by atoms with Crippen LogP contribution in [0.4, 0.5) is 4.39 Å². The Labute approximate surface area is 110 Å². The molecule has 0 spiro atoms. The van der Waals surface area contributed by atoms with Crippen molar-refractivity contribution < 1.29 is 14.2 Å². The first-order chi connectivity index (χ1) is 9.08. The molecule has 2 rings (SSSR count). The van der Waals surface area contributed by atoms with E-state index < -0.39 is 5.82 Å². The fourth-order valence-electron chi connectivity index (χ4n) is 1.99. The number of methoxy groups -OCH3 is 1. The van der Waals surface area contributed by atoms with Crippen molar-refractivity contribution in [2.45, 2.75) is 26.4 Å². The van der Waals surface area contributed by atoms with E-state index in [9.17, 15) is 9.50 Å². The zero-order valence-corrected chi connectivity index (χ0v) is 11.1. The number of hydrogen-bond donors (Lipinski definition) is 1. The summed E-state index contributed by atoms with van der Waals surface area (Å²) in [6.07, 6.45) is 0. The average Bonchev–Trinajstić information content (AvgIpc) is 2.82. The van der Waals surface area contributed by atoms with Gasteiger partial charge in [0.15, 0.2) is 11.6 Å². The first kappa shape index (κ1) is 13.5. The predicted octanol–water partition coefficient (Wildman–Crippen LogP) is 2.03. The van der Waals surface area contributed by atoms with Gasteiger partial charge in [-0.05, 0) is 18.1 Å². The molecule has 1 heterocycles. The lowest BCUT2D eigenvalue weighted by atomic mass is 10.1. The van der Waals surface area contributed by atoms with Crippen LogP contribution in [0.3, 0.4) is 0 Å². The molecule has 2 aromatic rings. The van der Waals surface area contributed by atoms with Crippen LogP contribution in [0.5, 0.6) is 5.75 Å². The van der Waals surface area contributed by atoms with Crippen LogP contribution in [-0.2, 0) is 6.61 Å². The van der Waals surface area contributed by atoms with Crippen molar-refractivity contribution in [1.82, 2.24) is 15.0 Å². The van der Waals surface area contributed by atoms with Crippen LogP contribution in [0.25, 0.3) is 5.69 Å². The topological polar surface area (TPSA) is 60.2 Å². The fraction of sp³-hybridized carbons (Fsp3) is 0.385. The maximum Gasteiger partial charge on any atom is 0.167 e. The summed E-state index contributed by atoms with van der Waals surface area (Å²) >= 11 is 0. The second-order valence-corrected chi connectivity index (χ2v) is 4.46. The van der Waals surface area contributed by atoms with Crippen LogP contribution in [0.2, 0.25) is 0 Å². The number of nitrogens with zero attached hydrogens (tertiary/aromatic N) is 3. The highest BCUT2D eigenvalue weighted by molar-refractivity contribution is 5.40. The largest absolute Gasteiger partial charge is 0.494 e. The summed E-state index contributed by atoms with van der Waals surface area (Å²) in [5, 5.41) is 17.1. The van der Waals surface area contributed by atoms with Gasteiger partial charge in [0.2, 0.25) is 0 Å². The molecule has 6 heteroatoms. The minimum atomic E-state index is -0.462. The Morgan fingerprint density at radius 3 is 2.68 bits per heavy atom. The molecule has 19 heavy (non-hydrogen) atoms. The Kier molecular flexibility index (Phi) is 3.80. The maximum absolute atomic E-state index is 13.7. The SMILES string of the molecule is COc1ccc(-n2nnc(CO)c2C(C)C)cc1F. The summed E-state index contributed by atoms with van der Waals surface area (Å²) in [6.45, 7) is 3.74. The third-order valence-corrected chi connectivity index (χ3v) is 2.86. The van der Waals surface area contributed by atoms with Crippen molar-refractivity contribution in [1.29, 1.82) is 0 Å². The molecule has 5 nitrogen and oxygen atoms in total. The molecule has 1 aromatic carbocycles. The van der Waals surface area contributed by atoms with Gasteiger partial charge in [-0.15, -0.1) is 5.10 Å². The van der Waals surface area contributed by atoms with Crippen LogP contribution >= 0.6 is 0 Å². The maximum atomic E-state index is 13.7. The summed E-state index contributed by atoms with van der Waals surface area (Å²) < 4.78 is 20.1. The lowest BCUT2D eigenvalue weighted by Crippen LogP contribution is -2.06. The Morgan fingerprint density at radius 1 is 1.42 bits per heavy atom. The van der Waals surface area contributed by atoms with Gasteiger partial charge in [0, 0.05) is 6.07 Å². The number of benzene rings is 1. The summed E-state index contributed by atoms with van der Waals surface area (Å²) in [4.78, 5) is 0. The molecular formula is C13H16FN3O2. The summed E-state index contributed by atoms with van der Waals surface area (Å²) in [6, 6.07) is 4.57. The molecular weight excluding hydrogens is 249 g/mol. The Morgan fingerprint density at radius 2 is 2.16 bits per heavy atom. The lowest BCUT2D eigenvalue weighted by Gasteiger charge is -2.11. The molecule has 0 saturated carbocycles. The van der Waals surface area contributed by atoms with Gasteiger partial charge in [-0.2, -0.15) is 0 Å². The van der Waals surface area contributed by atoms with Crippen molar-refractivity contribution in [2.24, 2.45) is 0 Å². The number of rotatable bonds is 4. The van der Waals surface area contributed by atoms with Crippen molar-refractivity contribution in [3.8, 4) is 11.4 Å². The number of halogens is 1. The monoisotopic (exact) mass is 265 g/mol. The van der Waals surface area contributed by atoms with Crippen LogP contribution < -0.4 is 4.74 Å². The average molecular weight is 265 g/mol. The van der Waals surface area contributed by atoms with Gasteiger partial charge >= 0.3 is 0 Å². The van der Waals surface area contributed by atoms with E-state index in [0.717, 1.165) is 5.69 Å². The predicted molar refractivity (Wildman–Crippen MR) is 67.9 cm³/mol. The van der Waals surface area contributed by atoms with E-state index in [4.69, 9.17) is 4.74 Å². The Balaban J connectivity index is 2.53. The molecule has 102 valence electrons. The van der Waals surface area contributed by atoms with E-state index in [-0.39, 0.29) is 18.3 Å².